The highest BCUT2D eigenvalue weighted by molar-refractivity contribution is 5.92. The number of imidazole rings is 1. The van der Waals surface area contributed by atoms with Crippen LogP contribution in [0.1, 0.15) is 54.4 Å². The number of hydrogen-bond donors (Lipinski definition) is 1. The Labute approximate surface area is 212 Å². The van der Waals surface area contributed by atoms with Gasteiger partial charge in [0.25, 0.3) is 0 Å². The summed E-state index contributed by atoms with van der Waals surface area (Å²) < 4.78 is 12.3. The van der Waals surface area contributed by atoms with Crippen LogP contribution in [-0.4, -0.2) is 62.1 Å². The van der Waals surface area contributed by atoms with Gasteiger partial charge >= 0.3 is 12.2 Å². The van der Waals surface area contributed by atoms with Gasteiger partial charge in [-0.25, -0.2) is 19.1 Å². The molecule has 1 N–H and O–H groups in total. The summed E-state index contributed by atoms with van der Waals surface area (Å²) in [7, 11) is 0. The van der Waals surface area contributed by atoms with E-state index in [4.69, 9.17) is 9.47 Å². The van der Waals surface area contributed by atoms with Crippen LogP contribution >= 0.6 is 0 Å². The van der Waals surface area contributed by atoms with Crippen molar-refractivity contribution in [2.24, 2.45) is 0 Å². The summed E-state index contributed by atoms with van der Waals surface area (Å²) in [4.78, 5) is 30.4. The molecule has 1 saturated heterocycles. The maximum Gasteiger partial charge on any atom is 0.420 e. The van der Waals surface area contributed by atoms with Crippen LogP contribution in [0.15, 0.2) is 54.6 Å². The maximum absolute atomic E-state index is 12.6. The number of benzene rings is 2. The molecule has 0 radical (unpaired) electrons. The van der Waals surface area contributed by atoms with E-state index >= 15 is 0 Å². The Morgan fingerprint density at radius 2 is 1.36 bits per heavy atom. The zero-order valence-corrected chi connectivity index (χ0v) is 22.0. The van der Waals surface area contributed by atoms with Gasteiger partial charge in [0.2, 0.25) is 0 Å². The molecule has 0 saturated carbocycles. The van der Waals surface area contributed by atoms with E-state index in [9.17, 15) is 14.7 Å². The number of piperidine rings is 1. The van der Waals surface area contributed by atoms with Crippen LogP contribution in [0.2, 0.25) is 0 Å². The Hall–Kier alpha value is -3.39. The van der Waals surface area contributed by atoms with E-state index in [1.165, 1.54) is 4.57 Å². The molecule has 2 aromatic carbocycles. The van der Waals surface area contributed by atoms with Crippen molar-refractivity contribution in [3.8, 4) is 11.4 Å². The Balaban J connectivity index is 0.000000223. The lowest BCUT2D eigenvalue weighted by Gasteiger charge is -2.31. The second kappa shape index (κ2) is 11.1. The van der Waals surface area contributed by atoms with Crippen molar-refractivity contribution in [3.05, 3.63) is 54.6 Å². The van der Waals surface area contributed by atoms with Crippen molar-refractivity contribution >= 4 is 23.2 Å². The van der Waals surface area contributed by atoms with E-state index in [2.05, 4.69) is 4.98 Å². The molecule has 2 heterocycles. The fourth-order valence-electron chi connectivity index (χ4n) is 3.67. The van der Waals surface area contributed by atoms with E-state index < -0.39 is 17.3 Å². The molecule has 0 unspecified atom stereocenters. The smallest absolute Gasteiger partial charge is 0.420 e. The Kier molecular flexibility index (Phi) is 8.40. The van der Waals surface area contributed by atoms with Crippen LogP contribution in [-0.2, 0) is 9.47 Å². The highest BCUT2D eigenvalue weighted by Gasteiger charge is 2.26. The number of rotatable bonds is 1. The average molecular weight is 496 g/mol. The molecule has 194 valence electrons. The van der Waals surface area contributed by atoms with Crippen LogP contribution < -0.4 is 0 Å². The average Bonchev–Trinajstić information content (AvgIpc) is 3.18. The predicted molar refractivity (Wildman–Crippen MR) is 140 cm³/mol. The molecule has 0 aliphatic carbocycles. The molecule has 1 fully saturated rings. The highest BCUT2D eigenvalue weighted by Crippen LogP contribution is 2.26. The number of aliphatic hydroxyl groups excluding tert-OH is 1. The Bertz CT molecular complexity index is 1170. The van der Waals surface area contributed by atoms with Gasteiger partial charge in [0.1, 0.15) is 11.2 Å². The number of fused-ring (bicyclic) bond motifs is 1. The minimum absolute atomic E-state index is 0.256. The van der Waals surface area contributed by atoms with Crippen molar-refractivity contribution in [3.63, 3.8) is 0 Å². The molecule has 1 aliphatic rings. The summed E-state index contributed by atoms with van der Waals surface area (Å²) in [6, 6.07) is 17.2. The van der Waals surface area contributed by atoms with Crippen LogP contribution in [0.4, 0.5) is 9.59 Å². The number of carbonyl (C=O) groups excluding carboxylic acids is 2. The molecular weight excluding hydrogens is 458 g/mol. The molecule has 0 spiro atoms. The lowest BCUT2D eigenvalue weighted by Crippen LogP contribution is -2.42. The van der Waals surface area contributed by atoms with Gasteiger partial charge in [0.15, 0.2) is 5.82 Å². The van der Waals surface area contributed by atoms with E-state index in [0.717, 1.165) is 16.6 Å². The number of nitrogens with zero attached hydrogens (tertiary/aromatic N) is 3. The number of amides is 1. The van der Waals surface area contributed by atoms with E-state index in [-0.39, 0.29) is 12.2 Å². The molecule has 1 aliphatic heterocycles. The number of aromatic nitrogens is 2. The minimum Gasteiger partial charge on any atom is -0.444 e. The highest BCUT2D eigenvalue weighted by atomic mass is 16.6. The van der Waals surface area contributed by atoms with Crippen molar-refractivity contribution in [2.45, 2.75) is 71.7 Å². The van der Waals surface area contributed by atoms with E-state index in [1.807, 2.05) is 96.1 Å². The van der Waals surface area contributed by atoms with Gasteiger partial charge in [-0.3, -0.25) is 0 Å². The largest absolute Gasteiger partial charge is 0.444 e. The van der Waals surface area contributed by atoms with Crippen molar-refractivity contribution in [2.75, 3.05) is 13.1 Å². The number of ether oxygens (including phenoxy) is 2. The molecule has 3 aromatic rings. The summed E-state index contributed by atoms with van der Waals surface area (Å²) in [5, 5.41) is 9.26. The second-order valence-electron chi connectivity index (χ2n) is 10.8. The standard InChI is InChI=1S/C18H18N2O2.C10H19NO3/c1-18(2,3)22-17(21)20-15-12-8-7-11-14(15)19-16(20)13-9-5-4-6-10-13;1-10(2,3)14-9(13)11-6-4-8(12)5-7-11/h4-12H,1-3H3;8,12H,4-7H2,1-3H3. The van der Waals surface area contributed by atoms with Crippen LogP contribution in [0.5, 0.6) is 0 Å². The van der Waals surface area contributed by atoms with Gasteiger partial charge in [0.05, 0.1) is 17.1 Å². The lowest BCUT2D eigenvalue weighted by atomic mass is 10.1. The fourth-order valence-corrected chi connectivity index (χ4v) is 3.67. The first-order valence-electron chi connectivity index (χ1n) is 12.3. The maximum atomic E-state index is 12.6. The molecule has 0 atom stereocenters. The first-order chi connectivity index (χ1) is 16.8. The van der Waals surface area contributed by atoms with Gasteiger partial charge in [-0.05, 0) is 66.5 Å². The van der Waals surface area contributed by atoms with Crippen LogP contribution in [0, 0.1) is 0 Å². The zero-order valence-electron chi connectivity index (χ0n) is 22.0. The van der Waals surface area contributed by atoms with Crippen LogP contribution in [0.25, 0.3) is 22.4 Å². The third-order valence-corrected chi connectivity index (χ3v) is 5.29. The molecule has 8 nitrogen and oxygen atoms in total. The number of carbonyl (C=O) groups is 2. The van der Waals surface area contributed by atoms with Crippen LogP contribution in [0.3, 0.4) is 0 Å². The summed E-state index contributed by atoms with van der Waals surface area (Å²) >= 11 is 0. The molecule has 1 aromatic heterocycles. The monoisotopic (exact) mass is 495 g/mol. The third kappa shape index (κ3) is 7.55. The first-order valence-corrected chi connectivity index (χ1v) is 12.3. The van der Waals surface area contributed by atoms with E-state index in [1.54, 1.807) is 4.90 Å². The Morgan fingerprint density at radius 1 is 0.833 bits per heavy atom. The molecule has 0 bridgehead atoms. The summed E-state index contributed by atoms with van der Waals surface area (Å²) in [6.07, 6.45) is 0.358. The summed E-state index contributed by atoms with van der Waals surface area (Å²) in [6.45, 7) is 12.3. The minimum atomic E-state index is -0.559. The Morgan fingerprint density at radius 3 is 1.94 bits per heavy atom. The topological polar surface area (TPSA) is 93.9 Å². The van der Waals surface area contributed by atoms with Crippen molar-refractivity contribution in [1.29, 1.82) is 0 Å². The van der Waals surface area contributed by atoms with Crippen molar-refractivity contribution in [1.82, 2.24) is 14.5 Å². The van der Waals surface area contributed by atoms with Gasteiger partial charge < -0.3 is 19.5 Å². The molecular formula is C28H37N3O5. The molecule has 36 heavy (non-hydrogen) atoms. The zero-order chi connectivity index (χ0) is 26.5. The normalized spacial score (nSPS) is 14.7. The summed E-state index contributed by atoms with van der Waals surface area (Å²) in [5.41, 5.74) is 1.40. The SMILES string of the molecule is CC(C)(C)OC(=O)N1CCC(O)CC1.CC(C)(C)OC(=O)n1c(-c2ccccc2)nc2ccccc21. The second-order valence-corrected chi connectivity index (χ2v) is 10.8. The van der Waals surface area contributed by atoms with Gasteiger partial charge in [-0.15, -0.1) is 0 Å². The quantitative estimate of drug-likeness (QED) is 0.454. The van der Waals surface area contributed by atoms with Gasteiger partial charge in [-0.2, -0.15) is 0 Å². The predicted octanol–water partition coefficient (Wildman–Crippen LogP) is 5.86. The lowest BCUT2D eigenvalue weighted by molar-refractivity contribution is 0.0100. The fraction of sp³-hybridized carbons (Fsp3) is 0.464. The van der Waals surface area contributed by atoms with Crippen molar-refractivity contribution < 1.29 is 24.2 Å². The molecule has 8 heteroatoms. The third-order valence-electron chi connectivity index (χ3n) is 5.29. The first kappa shape index (κ1) is 27.2. The molecule has 1 amide bonds. The number of aliphatic hydroxyl groups is 1. The van der Waals surface area contributed by atoms with Gasteiger partial charge in [0, 0.05) is 18.7 Å². The summed E-state index contributed by atoms with van der Waals surface area (Å²) in [5.74, 6) is 0.594. The molecule has 4 rings (SSSR count). The number of hydrogen-bond acceptors (Lipinski definition) is 6. The number of para-hydroxylation sites is 2. The van der Waals surface area contributed by atoms with Gasteiger partial charge in [-0.1, -0.05) is 42.5 Å². The number of likely N-dealkylation sites (tertiary alicyclic amines) is 1. The van der Waals surface area contributed by atoms with E-state index in [0.29, 0.717) is 31.8 Å².